The van der Waals surface area contributed by atoms with E-state index in [1.165, 1.54) is 0 Å². The van der Waals surface area contributed by atoms with Gasteiger partial charge in [-0.25, -0.2) is 0 Å². The molecule has 0 radical (unpaired) electrons. The third kappa shape index (κ3) is 5.23. The Kier molecular flexibility index (Phi) is 6.20. The third-order valence-electron chi connectivity index (χ3n) is 3.85. The monoisotopic (exact) mass is 333 g/mol. The molecular formula is C18H27N3O3. The topological polar surface area (TPSA) is 70.7 Å². The lowest BCUT2D eigenvalue weighted by atomic mass is 9.96. The average molecular weight is 333 g/mol. The number of amides is 2. The zero-order valence-electron chi connectivity index (χ0n) is 14.7. The van der Waals surface area contributed by atoms with E-state index in [0.717, 1.165) is 24.5 Å². The lowest BCUT2D eigenvalue weighted by Gasteiger charge is -2.30. The van der Waals surface area contributed by atoms with Gasteiger partial charge in [0.25, 0.3) is 0 Å². The highest BCUT2D eigenvalue weighted by Crippen LogP contribution is 2.26. The van der Waals surface area contributed by atoms with Crippen LogP contribution < -0.4 is 15.5 Å². The molecule has 0 saturated carbocycles. The van der Waals surface area contributed by atoms with Crippen LogP contribution in [0.3, 0.4) is 0 Å². The lowest BCUT2D eigenvalue weighted by molar-refractivity contribution is -0.128. The van der Waals surface area contributed by atoms with E-state index < -0.39 is 5.41 Å². The van der Waals surface area contributed by atoms with Gasteiger partial charge in [-0.2, -0.15) is 0 Å². The van der Waals surface area contributed by atoms with Gasteiger partial charge in [-0.15, -0.1) is 0 Å². The lowest BCUT2D eigenvalue weighted by Crippen LogP contribution is -2.37. The molecule has 1 aliphatic heterocycles. The van der Waals surface area contributed by atoms with Crippen LogP contribution in [0.25, 0.3) is 0 Å². The van der Waals surface area contributed by atoms with Gasteiger partial charge in [0, 0.05) is 31.5 Å². The number of para-hydroxylation sites is 2. The van der Waals surface area contributed by atoms with Crippen molar-refractivity contribution in [2.75, 3.05) is 43.1 Å². The van der Waals surface area contributed by atoms with Crippen molar-refractivity contribution in [1.82, 2.24) is 5.32 Å². The molecule has 1 aliphatic rings. The fraction of sp³-hybridized carbons (Fsp3) is 0.556. The third-order valence-corrected chi connectivity index (χ3v) is 3.85. The number of hydrogen-bond acceptors (Lipinski definition) is 4. The zero-order valence-corrected chi connectivity index (χ0v) is 14.7. The Balaban J connectivity index is 1.89. The van der Waals surface area contributed by atoms with Crippen LogP contribution in [0.2, 0.25) is 0 Å². The standard InChI is InChI=1S/C18H27N3O3/c1-18(2,3)17(23)19-9-8-16(22)20-14-6-4-5-7-15(14)21-10-12-24-13-11-21/h4-7H,8-13H2,1-3H3,(H,19,23)(H,20,22). The van der Waals surface area contributed by atoms with Crippen molar-refractivity contribution in [2.45, 2.75) is 27.2 Å². The maximum Gasteiger partial charge on any atom is 0.226 e. The molecule has 1 aromatic rings. The number of hydrogen-bond donors (Lipinski definition) is 2. The van der Waals surface area contributed by atoms with Crippen molar-refractivity contribution in [1.29, 1.82) is 0 Å². The first-order chi connectivity index (χ1) is 11.4. The first kappa shape index (κ1) is 18.3. The SMILES string of the molecule is CC(C)(C)C(=O)NCCC(=O)Nc1ccccc1N1CCOCC1. The normalized spacial score (nSPS) is 15.0. The molecule has 1 heterocycles. The Morgan fingerprint density at radius 3 is 2.50 bits per heavy atom. The van der Waals surface area contributed by atoms with Crippen LogP contribution in [0.5, 0.6) is 0 Å². The summed E-state index contributed by atoms with van der Waals surface area (Å²) in [7, 11) is 0. The number of ether oxygens (including phenoxy) is 1. The van der Waals surface area contributed by atoms with Crippen LogP contribution in [0.15, 0.2) is 24.3 Å². The molecule has 2 amide bonds. The smallest absolute Gasteiger partial charge is 0.226 e. The number of carbonyl (C=O) groups is 2. The number of anilines is 2. The van der Waals surface area contributed by atoms with Gasteiger partial charge in [-0.3, -0.25) is 9.59 Å². The summed E-state index contributed by atoms with van der Waals surface area (Å²) in [5.41, 5.74) is 1.36. The minimum atomic E-state index is -0.445. The van der Waals surface area contributed by atoms with Crippen molar-refractivity contribution in [3.05, 3.63) is 24.3 Å². The predicted molar refractivity (Wildman–Crippen MR) is 95.2 cm³/mol. The predicted octanol–water partition coefficient (Wildman–Crippen LogP) is 2.01. The second kappa shape index (κ2) is 8.15. The molecule has 0 aromatic heterocycles. The Bertz CT molecular complexity index is 575. The molecule has 24 heavy (non-hydrogen) atoms. The van der Waals surface area contributed by atoms with Gasteiger partial charge in [-0.05, 0) is 12.1 Å². The maximum absolute atomic E-state index is 12.2. The number of benzene rings is 1. The molecule has 2 N–H and O–H groups in total. The van der Waals surface area contributed by atoms with E-state index in [4.69, 9.17) is 4.74 Å². The van der Waals surface area contributed by atoms with Gasteiger partial charge in [0.1, 0.15) is 0 Å². The first-order valence-corrected chi connectivity index (χ1v) is 8.38. The maximum atomic E-state index is 12.2. The van der Waals surface area contributed by atoms with E-state index in [2.05, 4.69) is 15.5 Å². The molecule has 1 aromatic carbocycles. The van der Waals surface area contributed by atoms with E-state index in [0.29, 0.717) is 19.8 Å². The van der Waals surface area contributed by atoms with Gasteiger partial charge in [0.05, 0.1) is 24.6 Å². The number of rotatable bonds is 5. The molecule has 0 aliphatic carbocycles. The van der Waals surface area contributed by atoms with Crippen LogP contribution in [-0.4, -0.2) is 44.7 Å². The summed E-state index contributed by atoms with van der Waals surface area (Å²) in [6.45, 7) is 8.90. The van der Waals surface area contributed by atoms with Gasteiger partial charge < -0.3 is 20.3 Å². The molecule has 1 saturated heterocycles. The molecule has 0 spiro atoms. The molecule has 2 rings (SSSR count). The summed E-state index contributed by atoms with van der Waals surface area (Å²) in [6, 6.07) is 7.77. The minimum absolute atomic E-state index is 0.0518. The molecule has 0 atom stereocenters. The fourth-order valence-electron chi connectivity index (χ4n) is 2.43. The quantitative estimate of drug-likeness (QED) is 0.865. The zero-order chi connectivity index (χ0) is 17.6. The summed E-state index contributed by atoms with van der Waals surface area (Å²) in [4.78, 5) is 26.2. The van der Waals surface area contributed by atoms with Gasteiger partial charge in [0.15, 0.2) is 0 Å². The van der Waals surface area contributed by atoms with E-state index in [-0.39, 0.29) is 18.2 Å². The highest BCUT2D eigenvalue weighted by Gasteiger charge is 2.21. The molecular weight excluding hydrogens is 306 g/mol. The Morgan fingerprint density at radius 2 is 1.83 bits per heavy atom. The van der Waals surface area contributed by atoms with Crippen LogP contribution >= 0.6 is 0 Å². The van der Waals surface area contributed by atoms with Crippen LogP contribution in [0, 0.1) is 5.41 Å². The number of carbonyl (C=O) groups excluding carboxylic acids is 2. The number of morpholine rings is 1. The second-order valence-corrected chi connectivity index (χ2v) is 6.92. The van der Waals surface area contributed by atoms with Gasteiger partial charge in [0.2, 0.25) is 11.8 Å². The minimum Gasteiger partial charge on any atom is -0.378 e. The Hall–Kier alpha value is -2.08. The molecule has 6 nitrogen and oxygen atoms in total. The number of nitrogens with zero attached hydrogens (tertiary/aromatic N) is 1. The number of nitrogens with one attached hydrogen (secondary N) is 2. The van der Waals surface area contributed by atoms with Crippen LogP contribution in [0.1, 0.15) is 27.2 Å². The van der Waals surface area contributed by atoms with Crippen LogP contribution in [0.4, 0.5) is 11.4 Å². The summed E-state index contributed by atoms with van der Waals surface area (Å²) < 4.78 is 5.38. The van der Waals surface area contributed by atoms with Crippen molar-refractivity contribution in [3.63, 3.8) is 0 Å². The highest BCUT2D eigenvalue weighted by molar-refractivity contribution is 5.94. The van der Waals surface area contributed by atoms with Crippen LogP contribution in [-0.2, 0) is 14.3 Å². The van der Waals surface area contributed by atoms with Crippen molar-refractivity contribution in [2.24, 2.45) is 5.41 Å². The Labute approximate surface area is 143 Å². The first-order valence-electron chi connectivity index (χ1n) is 8.38. The largest absolute Gasteiger partial charge is 0.378 e. The summed E-state index contributed by atoms with van der Waals surface area (Å²) in [6.07, 6.45) is 0.249. The van der Waals surface area contributed by atoms with E-state index in [1.54, 1.807) is 0 Å². The molecule has 6 heteroatoms. The van der Waals surface area contributed by atoms with Crippen molar-refractivity contribution < 1.29 is 14.3 Å². The fourth-order valence-corrected chi connectivity index (χ4v) is 2.43. The summed E-state index contributed by atoms with van der Waals surface area (Å²) in [5, 5.41) is 5.74. The van der Waals surface area contributed by atoms with Gasteiger partial charge >= 0.3 is 0 Å². The molecule has 0 unspecified atom stereocenters. The van der Waals surface area contributed by atoms with E-state index in [1.807, 2.05) is 45.0 Å². The van der Waals surface area contributed by atoms with Gasteiger partial charge in [-0.1, -0.05) is 32.9 Å². The van der Waals surface area contributed by atoms with Crippen molar-refractivity contribution in [3.8, 4) is 0 Å². The van der Waals surface area contributed by atoms with Crippen molar-refractivity contribution >= 4 is 23.2 Å². The van der Waals surface area contributed by atoms with E-state index in [9.17, 15) is 9.59 Å². The Morgan fingerprint density at radius 1 is 1.17 bits per heavy atom. The molecule has 1 fully saturated rings. The highest BCUT2D eigenvalue weighted by atomic mass is 16.5. The summed E-state index contributed by atoms with van der Waals surface area (Å²) in [5.74, 6) is -0.158. The average Bonchev–Trinajstić information content (AvgIpc) is 2.55. The summed E-state index contributed by atoms with van der Waals surface area (Å²) >= 11 is 0. The second-order valence-electron chi connectivity index (χ2n) is 6.92. The van der Waals surface area contributed by atoms with E-state index >= 15 is 0 Å². The molecule has 0 bridgehead atoms. The molecule has 132 valence electrons.